The van der Waals surface area contributed by atoms with Gasteiger partial charge in [-0.1, -0.05) is 30.3 Å². The molecule has 0 unspecified atom stereocenters. The molecule has 5 rings (SSSR count). The van der Waals surface area contributed by atoms with Crippen LogP contribution in [0.15, 0.2) is 71.3 Å². The lowest BCUT2D eigenvalue weighted by Crippen LogP contribution is -2.25. The summed E-state index contributed by atoms with van der Waals surface area (Å²) >= 11 is 0. The van der Waals surface area contributed by atoms with E-state index in [2.05, 4.69) is 5.10 Å². The quantitative estimate of drug-likeness (QED) is 0.0655. The van der Waals surface area contributed by atoms with E-state index in [9.17, 15) is 36.9 Å². The van der Waals surface area contributed by atoms with Gasteiger partial charge in [0.05, 0.1) is 16.2 Å². The summed E-state index contributed by atoms with van der Waals surface area (Å²) in [6.07, 6.45) is 1.36. The Kier molecular flexibility index (Phi) is 6.76. The third-order valence-electron chi connectivity index (χ3n) is 6.22. The Morgan fingerprint density at radius 3 is 2.17 bits per heavy atom. The number of carbonyl (C=O) groups excluding carboxylic acids is 1. The number of nitro groups is 1. The second kappa shape index (κ2) is 10.2. The number of anilines is 1. The smallest absolute Gasteiger partial charge is 0.280 e. The van der Waals surface area contributed by atoms with Crippen LogP contribution < -0.4 is 9.75 Å². The van der Waals surface area contributed by atoms with Crippen LogP contribution in [-0.2, 0) is 11.4 Å². The summed E-state index contributed by atoms with van der Waals surface area (Å²) in [5, 5.41) is 16.2. The molecule has 0 bridgehead atoms. The molecule has 0 aromatic heterocycles. The van der Waals surface area contributed by atoms with Gasteiger partial charge in [0.2, 0.25) is 5.82 Å². The molecule has 1 heterocycles. The molecule has 40 heavy (non-hydrogen) atoms. The maximum absolute atomic E-state index is 14.5. The number of halogens is 5. The fourth-order valence-corrected chi connectivity index (χ4v) is 4.18. The number of hydrogen-bond acceptors (Lipinski definition) is 5. The topological polar surface area (TPSA) is 85.0 Å². The molecule has 0 saturated heterocycles. The summed E-state index contributed by atoms with van der Waals surface area (Å²) in [5.74, 6) is -12.0. The Balaban J connectivity index is 1.55. The van der Waals surface area contributed by atoms with Gasteiger partial charge in [-0.15, -0.1) is 0 Å². The molecule has 0 saturated carbocycles. The Morgan fingerprint density at radius 1 is 0.900 bits per heavy atom. The first kappa shape index (κ1) is 26.5. The molecule has 202 valence electrons. The number of ether oxygens (including phenoxy) is 1. The molecule has 1 aliphatic rings. The molecule has 1 aliphatic heterocycles. The minimum atomic E-state index is -2.35. The third-order valence-corrected chi connectivity index (χ3v) is 6.22. The first-order chi connectivity index (χ1) is 19.1. The predicted molar refractivity (Wildman–Crippen MR) is 136 cm³/mol. The molecule has 0 radical (unpaired) electrons. The number of hydrogen-bond donors (Lipinski definition) is 0. The fraction of sp³-hybridized carbons (Fsp3) is 0.0714. The van der Waals surface area contributed by atoms with Crippen LogP contribution in [0, 0.1) is 39.2 Å². The zero-order chi connectivity index (χ0) is 28.7. The molecule has 4 aromatic rings. The van der Waals surface area contributed by atoms with Crippen molar-refractivity contribution in [2.75, 3.05) is 5.01 Å². The van der Waals surface area contributed by atoms with Crippen LogP contribution in [-0.4, -0.2) is 16.5 Å². The Bertz CT molecular complexity index is 1740. The molecule has 0 aliphatic carbocycles. The highest BCUT2D eigenvalue weighted by atomic mass is 19.2. The number of benzene rings is 4. The zero-order valence-corrected chi connectivity index (χ0v) is 20.4. The maximum atomic E-state index is 14.5. The van der Waals surface area contributed by atoms with E-state index in [0.717, 1.165) is 5.39 Å². The van der Waals surface area contributed by atoms with Crippen molar-refractivity contribution < 1.29 is 36.4 Å². The van der Waals surface area contributed by atoms with E-state index in [0.29, 0.717) is 22.3 Å². The SMILES string of the molecule is CC1=NN(c2c(F)c(F)c(F)c(F)c2F)C(=O)/C1=C\c1c(OCc2ccc([N+](=O)[O-])cc2)ccc2ccccc12. The molecule has 0 fully saturated rings. The molecule has 0 spiro atoms. The molecule has 1 amide bonds. The maximum Gasteiger partial charge on any atom is 0.280 e. The minimum Gasteiger partial charge on any atom is -0.488 e. The monoisotopic (exact) mass is 553 g/mol. The van der Waals surface area contributed by atoms with Crippen LogP contribution in [0.3, 0.4) is 0 Å². The van der Waals surface area contributed by atoms with E-state index in [1.165, 1.54) is 37.3 Å². The van der Waals surface area contributed by atoms with Gasteiger partial charge in [-0.25, -0.2) is 22.0 Å². The molecule has 7 nitrogen and oxygen atoms in total. The highest BCUT2D eigenvalue weighted by molar-refractivity contribution is 6.32. The van der Waals surface area contributed by atoms with Crippen molar-refractivity contribution in [3.05, 3.63) is 117 Å². The summed E-state index contributed by atoms with van der Waals surface area (Å²) in [7, 11) is 0. The van der Waals surface area contributed by atoms with Crippen LogP contribution >= 0.6 is 0 Å². The van der Waals surface area contributed by atoms with E-state index < -0.39 is 45.6 Å². The fourth-order valence-electron chi connectivity index (χ4n) is 4.18. The van der Waals surface area contributed by atoms with Gasteiger partial charge in [-0.2, -0.15) is 10.1 Å². The van der Waals surface area contributed by atoms with E-state index in [1.807, 2.05) is 0 Å². The summed E-state index contributed by atoms with van der Waals surface area (Å²) in [6.45, 7) is 1.35. The first-order valence-electron chi connectivity index (χ1n) is 11.6. The number of hydrazone groups is 1. The number of non-ortho nitro benzene ring substituents is 1. The van der Waals surface area contributed by atoms with Gasteiger partial charge >= 0.3 is 0 Å². The second-order valence-corrected chi connectivity index (χ2v) is 8.69. The average Bonchev–Trinajstić information content (AvgIpc) is 3.22. The average molecular weight is 553 g/mol. The van der Waals surface area contributed by atoms with Crippen molar-refractivity contribution in [2.45, 2.75) is 13.5 Å². The van der Waals surface area contributed by atoms with Crippen LogP contribution in [0.2, 0.25) is 0 Å². The molecule has 0 N–H and O–H groups in total. The van der Waals surface area contributed by atoms with E-state index in [-0.39, 0.29) is 28.6 Å². The summed E-state index contributed by atoms with van der Waals surface area (Å²) in [5.41, 5.74) is -0.783. The zero-order valence-electron chi connectivity index (χ0n) is 20.4. The standard InChI is InChI=1S/C28H16F5N3O4/c1-14-19(28(37)35(34-14)27-25(32)23(30)22(29)24(31)26(27)33)12-20-18-5-3-2-4-16(18)8-11-21(20)40-13-15-6-9-17(10-7-15)36(38)39/h2-12H,13H2,1H3/b19-12-. The number of rotatable bonds is 6. The lowest BCUT2D eigenvalue weighted by atomic mass is 9.99. The number of nitrogens with zero attached hydrogens (tertiary/aromatic N) is 3. The lowest BCUT2D eigenvalue weighted by Gasteiger charge is -2.15. The van der Waals surface area contributed by atoms with Crippen molar-refractivity contribution in [3.63, 3.8) is 0 Å². The molecule has 4 aromatic carbocycles. The second-order valence-electron chi connectivity index (χ2n) is 8.69. The van der Waals surface area contributed by atoms with Crippen LogP contribution in [0.1, 0.15) is 18.1 Å². The highest BCUT2D eigenvalue weighted by Gasteiger charge is 2.37. The molecule has 12 heteroatoms. The first-order valence-corrected chi connectivity index (χ1v) is 11.6. The molecule has 0 atom stereocenters. The number of carbonyl (C=O) groups is 1. The van der Waals surface area contributed by atoms with Crippen molar-refractivity contribution in [3.8, 4) is 5.75 Å². The van der Waals surface area contributed by atoms with Crippen molar-refractivity contribution >= 4 is 39.8 Å². The largest absolute Gasteiger partial charge is 0.488 e. The highest BCUT2D eigenvalue weighted by Crippen LogP contribution is 2.36. The minimum absolute atomic E-state index is 0.00417. The van der Waals surface area contributed by atoms with Gasteiger partial charge in [-0.05, 0) is 47.5 Å². The number of amides is 1. The summed E-state index contributed by atoms with van der Waals surface area (Å²) < 4.78 is 76.1. The van der Waals surface area contributed by atoms with Gasteiger partial charge in [0.25, 0.3) is 11.6 Å². The Morgan fingerprint density at radius 2 is 1.52 bits per heavy atom. The Hall–Kier alpha value is -5.13. The summed E-state index contributed by atoms with van der Waals surface area (Å²) in [4.78, 5) is 23.6. The van der Waals surface area contributed by atoms with Crippen molar-refractivity contribution in [2.24, 2.45) is 5.10 Å². The van der Waals surface area contributed by atoms with Crippen LogP contribution in [0.5, 0.6) is 5.75 Å². The van der Waals surface area contributed by atoms with Crippen LogP contribution in [0.25, 0.3) is 16.8 Å². The van der Waals surface area contributed by atoms with E-state index in [1.54, 1.807) is 36.4 Å². The normalized spacial score (nSPS) is 14.2. The van der Waals surface area contributed by atoms with Gasteiger partial charge < -0.3 is 4.74 Å². The van der Waals surface area contributed by atoms with Crippen LogP contribution in [0.4, 0.5) is 33.3 Å². The van der Waals surface area contributed by atoms with Crippen molar-refractivity contribution in [1.82, 2.24) is 0 Å². The Labute approximate surface area is 222 Å². The van der Waals surface area contributed by atoms with Crippen molar-refractivity contribution in [1.29, 1.82) is 0 Å². The molecular weight excluding hydrogens is 537 g/mol. The van der Waals surface area contributed by atoms with Gasteiger partial charge in [0.15, 0.2) is 23.3 Å². The predicted octanol–water partition coefficient (Wildman–Crippen LogP) is 6.83. The van der Waals surface area contributed by atoms with Gasteiger partial charge in [0.1, 0.15) is 18.0 Å². The van der Waals surface area contributed by atoms with E-state index in [4.69, 9.17) is 4.74 Å². The number of nitro benzene ring substituents is 1. The van der Waals surface area contributed by atoms with Gasteiger partial charge in [-0.3, -0.25) is 14.9 Å². The third kappa shape index (κ3) is 4.53. The number of fused-ring (bicyclic) bond motifs is 1. The van der Waals surface area contributed by atoms with E-state index >= 15 is 0 Å². The van der Waals surface area contributed by atoms with Gasteiger partial charge in [0, 0.05) is 17.7 Å². The lowest BCUT2D eigenvalue weighted by molar-refractivity contribution is -0.384. The summed E-state index contributed by atoms with van der Waals surface area (Å²) in [6, 6.07) is 16.2. The molecular formula is C28H16F5N3O4.